The smallest absolute Gasteiger partial charge is 0.263 e. The van der Waals surface area contributed by atoms with Crippen molar-refractivity contribution in [1.82, 2.24) is 28.9 Å². The van der Waals surface area contributed by atoms with E-state index in [-0.39, 0.29) is 11.5 Å². The van der Waals surface area contributed by atoms with E-state index in [4.69, 9.17) is 0 Å². The Morgan fingerprint density at radius 1 is 1.29 bits per heavy atom. The molecular formula is C21H23N7O2S. The second-order valence-electron chi connectivity index (χ2n) is 7.26. The number of hydrogen-bond donors (Lipinski definition) is 1. The highest BCUT2D eigenvalue weighted by Gasteiger charge is 2.23. The SMILES string of the molecule is C=CCn1c(=O)c2ccccc2n2c(SC(C)C(=O)Nc3c(C)nn(C)c3C)nnc12. The molecule has 0 aliphatic rings. The number of para-hydroxylation sites is 1. The van der Waals surface area contributed by atoms with Gasteiger partial charge in [0.15, 0.2) is 5.16 Å². The molecule has 1 amide bonds. The van der Waals surface area contributed by atoms with E-state index in [1.54, 1.807) is 16.8 Å². The molecule has 9 nitrogen and oxygen atoms in total. The van der Waals surface area contributed by atoms with E-state index in [0.29, 0.717) is 28.4 Å². The Balaban J connectivity index is 1.72. The molecule has 3 heterocycles. The van der Waals surface area contributed by atoms with Crippen molar-refractivity contribution < 1.29 is 4.79 Å². The second kappa shape index (κ2) is 8.03. The maximum atomic E-state index is 12.9. The number of aryl methyl sites for hydroxylation is 2. The van der Waals surface area contributed by atoms with Gasteiger partial charge in [0.25, 0.3) is 5.56 Å². The van der Waals surface area contributed by atoms with Crippen LogP contribution < -0.4 is 10.9 Å². The lowest BCUT2D eigenvalue weighted by Crippen LogP contribution is -2.24. The maximum Gasteiger partial charge on any atom is 0.263 e. The molecule has 0 spiro atoms. The Kier molecular flexibility index (Phi) is 5.40. The molecule has 1 unspecified atom stereocenters. The zero-order valence-electron chi connectivity index (χ0n) is 17.8. The minimum absolute atomic E-state index is 0.153. The molecule has 0 aliphatic heterocycles. The minimum atomic E-state index is -0.454. The highest BCUT2D eigenvalue weighted by Crippen LogP contribution is 2.27. The van der Waals surface area contributed by atoms with Crippen LogP contribution in [-0.2, 0) is 18.4 Å². The van der Waals surface area contributed by atoms with Gasteiger partial charge in [0.1, 0.15) is 0 Å². The molecule has 3 aromatic heterocycles. The quantitative estimate of drug-likeness (QED) is 0.368. The van der Waals surface area contributed by atoms with Crippen LogP contribution in [0.3, 0.4) is 0 Å². The van der Waals surface area contributed by atoms with Gasteiger partial charge in [-0.05, 0) is 32.9 Å². The molecule has 0 bridgehead atoms. The number of carbonyl (C=O) groups excluding carboxylic acids is 1. The Labute approximate surface area is 182 Å². The molecule has 0 saturated heterocycles. The van der Waals surface area contributed by atoms with Crippen LogP contribution in [-0.4, -0.2) is 40.1 Å². The van der Waals surface area contributed by atoms with Crippen molar-refractivity contribution in [3.05, 3.63) is 58.7 Å². The van der Waals surface area contributed by atoms with Crippen molar-refractivity contribution in [2.45, 2.75) is 37.7 Å². The van der Waals surface area contributed by atoms with Gasteiger partial charge in [-0.1, -0.05) is 30.0 Å². The molecule has 0 saturated carbocycles. The van der Waals surface area contributed by atoms with Gasteiger partial charge in [-0.2, -0.15) is 5.10 Å². The van der Waals surface area contributed by atoms with Crippen molar-refractivity contribution in [2.75, 3.05) is 5.32 Å². The van der Waals surface area contributed by atoms with Gasteiger partial charge >= 0.3 is 0 Å². The van der Waals surface area contributed by atoms with E-state index >= 15 is 0 Å². The molecule has 4 rings (SSSR count). The number of hydrogen-bond acceptors (Lipinski definition) is 6. The topological polar surface area (TPSA) is 99.1 Å². The van der Waals surface area contributed by atoms with E-state index in [1.165, 1.54) is 16.3 Å². The number of allylic oxidation sites excluding steroid dienone is 1. The minimum Gasteiger partial charge on any atom is -0.322 e. The predicted octanol–water partition coefficient (Wildman–Crippen LogP) is 2.70. The summed E-state index contributed by atoms with van der Waals surface area (Å²) in [4.78, 5) is 25.8. The van der Waals surface area contributed by atoms with Crippen LogP contribution in [0.1, 0.15) is 18.3 Å². The van der Waals surface area contributed by atoms with E-state index in [0.717, 1.165) is 17.1 Å². The third kappa shape index (κ3) is 3.52. The average molecular weight is 438 g/mol. The van der Waals surface area contributed by atoms with E-state index in [1.807, 2.05) is 50.4 Å². The predicted molar refractivity (Wildman–Crippen MR) is 122 cm³/mol. The van der Waals surface area contributed by atoms with Crippen LogP contribution in [0.2, 0.25) is 0 Å². The maximum absolute atomic E-state index is 12.9. The number of amides is 1. The molecule has 0 radical (unpaired) electrons. The van der Waals surface area contributed by atoms with Crippen molar-refractivity contribution in [3.8, 4) is 0 Å². The molecular weight excluding hydrogens is 414 g/mol. The van der Waals surface area contributed by atoms with Crippen LogP contribution in [0, 0.1) is 13.8 Å². The molecule has 0 fully saturated rings. The third-order valence-electron chi connectivity index (χ3n) is 5.20. The highest BCUT2D eigenvalue weighted by molar-refractivity contribution is 8.00. The fourth-order valence-electron chi connectivity index (χ4n) is 3.49. The van der Waals surface area contributed by atoms with Crippen molar-refractivity contribution in [2.24, 2.45) is 7.05 Å². The van der Waals surface area contributed by atoms with Crippen molar-refractivity contribution in [1.29, 1.82) is 0 Å². The summed E-state index contributed by atoms with van der Waals surface area (Å²) in [6, 6.07) is 7.30. The number of anilines is 1. The van der Waals surface area contributed by atoms with Crippen LogP contribution in [0.4, 0.5) is 5.69 Å². The van der Waals surface area contributed by atoms with Gasteiger partial charge < -0.3 is 5.32 Å². The third-order valence-corrected chi connectivity index (χ3v) is 6.24. The first-order valence-electron chi connectivity index (χ1n) is 9.78. The Morgan fingerprint density at radius 2 is 2.03 bits per heavy atom. The monoisotopic (exact) mass is 437 g/mol. The summed E-state index contributed by atoms with van der Waals surface area (Å²) in [5, 5.41) is 16.5. The number of rotatable bonds is 6. The lowest BCUT2D eigenvalue weighted by atomic mass is 10.2. The number of benzene rings is 1. The van der Waals surface area contributed by atoms with E-state index < -0.39 is 5.25 Å². The summed E-state index contributed by atoms with van der Waals surface area (Å²) in [6.45, 7) is 9.62. The number of aromatic nitrogens is 6. The number of carbonyl (C=O) groups is 1. The Bertz CT molecular complexity index is 1380. The van der Waals surface area contributed by atoms with Crippen LogP contribution >= 0.6 is 11.8 Å². The zero-order valence-corrected chi connectivity index (χ0v) is 18.6. The lowest BCUT2D eigenvalue weighted by molar-refractivity contribution is -0.115. The summed E-state index contributed by atoms with van der Waals surface area (Å²) >= 11 is 1.28. The first-order chi connectivity index (χ1) is 14.8. The lowest BCUT2D eigenvalue weighted by Gasteiger charge is -2.13. The Morgan fingerprint density at radius 3 is 2.71 bits per heavy atom. The number of nitrogens with zero attached hydrogens (tertiary/aromatic N) is 6. The van der Waals surface area contributed by atoms with Crippen LogP contribution in [0.25, 0.3) is 16.7 Å². The fraction of sp³-hybridized carbons (Fsp3) is 0.286. The number of nitrogens with one attached hydrogen (secondary N) is 1. The van der Waals surface area contributed by atoms with Crippen molar-refractivity contribution in [3.63, 3.8) is 0 Å². The normalized spacial score (nSPS) is 12.4. The summed E-state index contributed by atoms with van der Waals surface area (Å²) in [6.07, 6.45) is 1.65. The first-order valence-corrected chi connectivity index (χ1v) is 10.7. The molecule has 0 aliphatic carbocycles. The fourth-order valence-corrected chi connectivity index (χ4v) is 4.35. The zero-order chi connectivity index (χ0) is 22.3. The van der Waals surface area contributed by atoms with Gasteiger partial charge in [-0.15, -0.1) is 16.8 Å². The first kappa shape index (κ1) is 20.9. The van der Waals surface area contributed by atoms with E-state index in [2.05, 4.69) is 27.2 Å². The largest absolute Gasteiger partial charge is 0.322 e. The summed E-state index contributed by atoms with van der Waals surface area (Å²) in [5.74, 6) is 0.252. The molecule has 4 aromatic rings. The number of thioether (sulfide) groups is 1. The van der Waals surface area contributed by atoms with Gasteiger partial charge in [0.2, 0.25) is 11.7 Å². The molecule has 1 N–H and O–H groups in total. The van der Waals surface area contributed by atoms with Gasteiger partial charge in [0.05, 0.1) is 33.2 Å². The molecule has 10 heteroatoms. The van der Waals surface area contributed by atoms with Gasteiger partial charge in [0, 0.05) is 13.6 Å². The van der Waals surface area contributed by atoms with E-state index in [9.17, 15) is 9.59 Å². The molecule has 160 valence electrons. The van der Waals surface area contributed by atoms with Gasteiger partial charge in [-0.3, -0.25) is 23.2 Å². The van der Waals surface area contributed by atoms with Crippen LogP contribution in [0.5, 0.6) is 0 Å². The van der Waals surface area contributed by atoms with Crippen LogP contribution in [0.15, 0.2) is 46.9 Å². The van der Waals surface area contributed by atoms with Crippen molar-refractivity contribution >= 4 is 40.0 Å². The summed E-state index contributed by atoms with van der Waals surface area (Å²) < 4.78 is 5.08. The second-order valence-corrected chi connectivity index (χ2v) is 8.57. The molecule has 31 heavy (non-hydrogen) atoms. The molecule has 1 atom stereocenters. The summed E-state index contributed by atoms with van der Waals surface area (Å²) in [5.41, 5.74) is 2.91. The van der Waals surface area contributed by atoms with Gasteiger partial charge in [-0.25, -0.2) is 0 Å². The average Bonchev–Trinajstić information content (AvgIpc) is 3.27. The Hall–Kier alpha value is -3.40. The number of fused-ring (bicyclic) bond motifs is 3. The summed E-state index contributed by atoms with van der Waals surface area (Å²) in [7, 11) is 1.84. The highest BCUT2D eigenvalue weighted by atomic mass is 32.2. The standard InChI is InChI=1S/C21H23N7O2S/c1-6-11-27-19(30)15-9-7-8-10-16(15)28-20(27)23-24-21(28)31-14(4)18(29)22-17-12(2)25-26(5)13(17)3/h6-10,14H,1,11H2,2-5H3,(H,22,29). The molecule has 1 aromatic carbocycles.